The van der Waals surface area contributed by atoms with E-state index >= 15 is 0 Å². The highest BCUT2D eigenvalue weighted by Crippen LogP contribution is 2.27. The van der Waals surface area contributed by atoms with Gasteiger partial charge in [0.25, 0.3) is 5.91 Å². The van der Waals surface area contributed by atoms with Crippen molar-refractivity contribution in [3.8, 4) is 11.1 Å². The van der Waals surface area contributed by atoms with Crippen LogP contribution >= 0.6 is 0 Å². The van der Waals surface area contributed by atoms with Gasteiger partial charge in [-0.1, -0.05) is 30.3 Å². The number of carbonyl (C=O) groups excluding carboxylic acids is 1. The Hall–Kier alpha value is -3.74. The summed E-state index contributed by atoms with van der Waals surface area (Å²) in [4.78, 5) is 25.3. The van der Waals surface area contributed by atoms with Gasteiger partial charge in [0.1, 0.15) is 5.69 Å². The molecule has 1 aliphatic rings. The normalized spacial score (nSPS) is 14.3. The highest BCUT2D eigenvalue weighted by molar-refractivity contribution is 5.92. The van der Waals surface area contributed by atoms with Gasteiger partial charge in [-0.25, -0.2) is 9.50 Å². The van der Waals surface area contributed by atoms with Crippen LogP contribution in [0.5, 0.6) is 0 Å². The fraction of sp³-hybridized carbons (Fsp3) is 0.217. The number of rotatable bonds is 3. The molecule has 0 radical (unpaired) electrons. The van der Waals surface area contributed by atoms with Crippen molar-refractivity contribution in [2.45, 2.75) is 6.92 Å². The van der Waals surface area contributed by atoms with Crippen molar-refractivity contribution in [1.82, 2.24) is 24.5 Å². The molecule has 5 rings (SSSR count). The van der Waals surface area contributed by atoms with Gasteiger partial charge in [0.15, 0.2) is 0 Å². The van der Waals surface area contributed by atoms with Crippen molar-refractivity contribution in [2.75, 3.05) is 31.1 Å². The molecule has 0 spiro atoms. The lowest BCUT2D eigenvalue weighted by molar-refractivity contribution is 0.0740. The van der Waals surface area contributed by atoms with Crippen molar-refractivity contribution >= 4 is 17.1 Å². The first-order valence-electron chi connectivity index (χ1n) is 10.0. The second-order valence-corrected chi connectivity index (χ2v) is 7.46. The molecule has 1 aliphatic heterocycles. The Morgan fingerprint density at radius 2 is 1.70 bits per heavy atom. The summed E-state index contributed by atoms with van der Waals surface area (Å²) in [5.74, 6) is -0.0617. The third-order valence-corrected chi connectivity index (χ3v) is 5.52. The summed E-state index contributed by atoms with van der Waals surface area (Å²) in [5.41, 5.74) is 5.71. The first-order chi connectivity index (χ1) is 14.7. The molecule has 30 heavy (non-hydrogen) atoms. The summed E-state index contributed by atoms with van der Waals surface area (Å²) in [5, 5.41) is 4.51. The van der Waals surface area contributed by atoms with Crippen LogP contribution in [-0.4, -0.2) is 56.6 Å². The van der Waals surface area contributed by atoms with Gasteiger partial charge in [-0.15, -0.1) is 0 Å². The minimum absolute atomic E-state index is 0.0617. The lowest BCUT2D eigenvalue weighted by Gasteiger charge is -2.35. The number of pyridine rings is 1. The minimum Gasteiger partial charge on any atom is -0.365 e. The molecule has 0 N–H and O–H groups in total. The number of aromatic nitrogens is 4. The number of hydrogen-bond acceptors (Lipinski definition) is 5. The third kappa shape index (κ3) is 3.39. The number of piperazine rings is 1. The summed E-state index contributed by atoms with van der Waals surface area (Å²) in [6.45, 7) is 4.65. The summed E-state index contributed by atoms with van der Waals surface area (Å²) >= 11 is 0. The number of anilines is 1. The highest BCUT2D eigenvalue weighted by Gasteiger charge is 2.24. The molecule has 1 saturated heterocycles. The lowest BCUT2D eigenvalue weighted by Crippen LogP contribution is -2.49. The standard InChI is InChI=1S/C23H22N6O/c1-17-14-25-20(15-24-17)23(30)28-11-9-27(10-12-28)22-16-26-29-8-7-19(13-21(22)29)18-5-3-2-4-6-18/h2-8,13-16H,9-12H2,1H3. The van der Waals surface area contributed by atoms with Gasteiger partial charge in [-0.2, -0.15) is 5.10 Å². The SMILES string of the molecule is Cc1cnc(C(=O)N2CCN(c3cnn4ccc(-c5ccccc5)cc34)CC2)cn1. The molecule has 0 aliphatic carbocycles. The first-order valence-corrected chi connectivity index (χ1v) is 10.0. The number of aryl methyl sites for hydroxylation is 1. The Kier molecular flexibility index (Phi) is 4.63. The fourth-order valence-electron chi connectivity index (χ4n) is 3.84. The molecule has 150 valence electrons. The van der Waals surface area contributed by atoms with E-state index in [-0.39, 0.29) is 5.91 Å². The zero-order valence-corrected chi connectivity index (χ0v) is 16.8. The van der Waals surface area contributed by atoms with Crippen LogP contribution < -0.4 is 4.90 Å². The van der Waals surface area contributed by atoms with E-state index in [1.807, 2.05) is 46.9 Å². The van der Waals surface area contributed by atoms with E-state index in [2.05, 4.69) is 44.2 Å². The molecular weight excluding hydrogens is 376 g/mol. The van der Waals surface area contributed by atoms with Crippen molar-refractivity contribution in [3.63, 3.8) is 0 Å². The maximum absolute atomic E-state index is 12.7. The third-order valence-electron chi connectivity index (χ3n) is 5.52. The first kappa shape index (κ1) is 18.3. The Morgan fingerprint density at radius 3 is 2.43 bits per heavy atom. The second kappa shape index (κ2) is 7.59. The predicted molar refractivity (Wildman–Crippen MR) is 116 cm³/mol. The maximum atomic E-state index is 12.7. The average Bonchev–Trinajstić information content (AvgIpc) is 3.23. The van der Waals surface area contributed by atoms with E-state index in [4.69, 9.17) is 0 Å². The number of nitrogens with zero attached hydrogens (tertiary/aromatic N) is 6. The average molecular weight is 398 g/mol. The van der Waals surface area contributed by atoms with Crippen LogP contribution in [0.2, 0.25) is 0 Å². The number of carbonyl (C=O) groups is 1. The number of amides is 1. The molecule has 7 nitrogen and oxygen atoms in total. The van der Waals surface area contributed by atoms with Crippen LogP contribution in [0.1, 0.15) is 16.2 Å². The largest absolute Gasteiger partial charge is 0.365 e. The Morgan fingerprint density at radius 1 is 0.900 bits per heavy atom. The van der Waals surface area contributed by atoms with Crippen LogP contribution in [0, 0.1) is 6.92 Å². The van der Waals surface area contributed by atoms with Crippen molar-refractivity contribution in [1.29, 1.82) is 0 Å². The molecular formula is C23H22N6O. The van der Waals surface area contributed by atoms with Gasteiger partial charge in [-0.05, 0) is 30.2 Å². The molecule has 1 amide bonds. The van der Waals surface area contributed by atoms with E-state index < -0.39 is 0 Å². The smallest absolute Gasteiger partial charge is 0.274 e. The molecule has 0 bridgehead atoms. The van der Waals surface area contributed by atoms with Gasteiger partial charge < -0.3 is 9.80 Å². The summed E-state index contributed by atoms with van der Waals surface area (Å²) in [7, 11) is 0. The van der Waals surface area contributed by atoms with Gasteiger partial charge in [0, 0.05) is 38.6 Å². The zero-order chi connectivity index (χ0) is 20.5. The molecule has 1 aromatic carbocycles. The molecule has 4 heterocycles. The van der Waals surface area contributed by atoms with Gasteiger partial charge in [0.2, 0.25) is 0 Å². The van der Waals surface area contributed by atoms with Crippen LogP contribution in [-0.2, 0) is 0 Å². The Balaban J connectivity index is 1.34. The maximum Gasteiger partial charge on any atom is 0.274 e. The number of hydrogen-bond donors (Lipinski definition) is 0. The van der Waals surface area contributed by atoms with Gasteiger partial charge >= 0.3 is 0 Å². The van der Waals surface area contributed by atoms with E-state index in [9.17, 15) is 4.79 Å². The van der Waals surface area contributed by atoms with E-state index in [0.29, 0.717) is 18.8 Å². The molecule has 1 fully saturated rings. The summed E-state index contributed by atoms with van der Waals surface area (Å²) < 4.78 is 1.90. The Labute approximate surface area is 174 Å². The molecule has 0 unspecified atom stereocenters. The van der Waals surface area contributed by atoms with E-state index in [0.717, 1.165) is 35.6 Å². The van der Waals surface area contributed by atoms with Crippen molar-refractivity contribution < 1.29 is 4.79 Å². The fourth-order valence-corrected chi connectivity index (χ4v) is 3.84. The molecule has 4 aromatic rings. The van der Waals surface area contributed by atoms with Crippen molar-refractivity contribution in [2.24, 2.45) is 0 Å². The zero-order valence-electron chi connectivity index (χ0n) is 16.8. The quantitative estimate of drug-likeness (QED) is 0.531. The Bertz CT molecular complexity index is 1180. The highest BCUT2D eigenvalue weighted by atomic mass is 16.2. The number of fused-ring (bicyclic) bond motifs is 1. The number of benzene rings is 1. The van der Waals surface area contributed by atoms with Crippen LogP contribution in [0.4, 0.5) is 5.69 Å². The van der Waals surface area contributed by atoms with Crippen molar-refractivity contribution in [3.05, 3.63) is 78.6 Å². The van der Waals surface area contributed by atoms with Gasteiger partial charge in [-0.3, -0.25) is 9.78 Å². The van der Waals surface area contributed by atoms with E-state index in [1.165, 1.54) is 5.56 Å². The predicted octanol–water partition coefficient (Wildman–Crippen LogP) is 3.06. The van der Waals surface area contributed by atoms with Crippen LogP contribution in [0.25, 0.3) is 16.6 Å². The molecule has 3 aromatic heterocycles. The lowest BCUT2D eigenvalue weighted by atomic mass is 10.1. The summed E-state index contributed by atoms with van der Waals surface area (Å²) in [6, 6.07) is 14.6. The monoisotopic (exact) mass is 398 g/mol. The molecule has 0 atom stereocenters. The van der Waals surface area contributed by atoms with Gasteiger partial charge in [0.05, 0.1) is 29.3 Å². The summed E-state index contributed by atoms with van der Waals surface area (Å²) in [6.07, 6.45) is 7.09. The molecule has 7 heteroatoms. The minimum atomic E-state index is -0.0617. The van der Waals surface area contributed by atoms with Crippen LogP contribution in [0.15, 0.2) is 67.3 Å². The molecule has 0 saturated carbocycles. The van der Waals surface area contributed by atoms with E-state index in [1.54, 1.807) is 12.4 Å². The second-order valence-electron chi connectivity index (χ2n) is 7.46. The van der Waals surface area contributed by atoms with Crippen LogP contribution in [0.3, 0.4) is 0 Å². The topological polar surface area (TPSA) is 66.6 Å².